The first-order valence-electron chi connectivity index (χ1n) is 2.49. The van der Waals surface area contributed by atoms with Crippen LogP contribution in [0, 0.1) is 0 Å². The third-order valence-corrected chi connectivity index (χ3v) is 4.08. The summed E-state index contributed by atoms with van der Waals surface area (Å²) < 4.78 is 10.3. The van der Waals surface area contributed by atoms with Gasteiger partial charge in [-0.25, -0.2) is 0 Å². The predicted octanol–water partition coefficient (Wildman–Crippen LogP) is 1.03. The van der Waals surface area contributed by atoms with Gasteiger partial charge < -0.3 is 0 Å². The standard InChI is InChI=1S/C4H8AsClO2/c1-3-4(2)8-5(6)7-3/h3-4H,1-2H3/t3-,4-/m1/s1. The van der Waals surface area contributed by atoms with E-state index < -0.39 is 14.4 Å². The Kier molecular flexibility index (Phi) is 2.21. The van der Waals surface area contributed by atoms with Crippen molar-refractivity contribution in [2.75, 3.05) is 0 Å². The SMILES string of the molecule is C[C@H]1O[As](Cl)O[C@@H]1C. The van der Waals surface area contributed by atoms with E-state index in [1.165, 1.54) is 0 Å². The fraction of sp³-hybridized carbons (Fsp3) is 1.00. The fourth-order valence-corrected chi connectivity index (χ4v) is 3.68. The molecule has 0 saturated carbocycles. The summed E-state index contributed by atoms with van der Waals surface area (Å²) in [6, 6.07) is 0. The molecule has 48 valence electrons. The second kappa shape index (κ2) is 2.57. The van der Waals surface area contributed by atoms with Crippen molar-refractivity contribution >= 4 is 24.3 Å². The van der Waals surface area contributed by atoms with Crippen LogP contribution in [0.15, 0.2) is 0 Å². The Bertz CT molecular complexity index is 80.1. The Morgan fingerprint density at radius 3 is 1.75 bits per heavy atom. The van der Waals surface area contributed by atoms with Crippen LogP contribution >= 0.6 is 9.95 Å². The van der Waals surface area contributed by atoms with Crippen LogP contribution in [0.4, 0.5) is 0 Å². The van der Waals surface area contributed by atoms with Gasteiger partial charge in [-0.05, 0) is 0 Å². The van der Waals surface area contributed by atoms with Crippen LogP contribution in [0.3, 0.4) is 0 Å². The zero-order valence-electron chi connectivity index (χ0n) is 4.80. The van der Waals surface area contributed by atoms with Crippen molar-refractivity contribution in [3.63, 3.8) is 0 Å². The van der Waals surface area contributed by atoms with Gasteiger partial charge in [0, 0.05) is 0 Å². The third kappa shape index (κ3) is 1.38. The van der Waals surface area contributed by atoms with Gasteiger partial charge >= 0.3 is 57.9 Å². The molecular weight excluding hydrogens is 190 g/mol. The van der Waals surface area contributed by atoms with Gasteiger partial charge in [0.2, 0.25) is 0 Å². The molecule has 2 atom stereocenters. The summed E-state index contributed by atoms with van der Waals surface area (Å²) in [6.07, 6.45) is 0.403. The maximum absolute atomic E-state index is 5.60. The Balaban J connectivity index is 2.39. The maximum atomic E-state index is 5.60. The van der Waals surface area contributed by atoms with E-state index in [2.05, 4.69) is 0 Å². The van der Waals surface area contributed by atoms with Gasteiger partial charge in [-0.1, -0.05) is 0 Å². The summed E-state index contributed by atoms with van der Waals surface area (Å²) in [5.74, 6) is 0. The van der Waals surface area contributed by atoms with Crippen molar-refractivity contribution in [1.29, 1.82) is 0 Å². The first-order valence-corrected chi connectivity index (χ1v) is 6.49. The van der Waals surface area contributed by atoms with Crippen LogP contribution in [0.5, 0.6) is 0 Å². The number of hydrogen-bond acceptors (Lipinski definition) is 2. The molecule has 8 heavy (non-hydrogen) atoms. The molecule has 0 spiro atoms. The van der Waals surface area contributed by atoms with E-state index in [1.54, 1.807) is 0 Å². The molecule has 1 aliphatic rings. The molecule has 0 N–H and O–H groups in total. The molecule has 1 heterocycles. The second-order valence-corrected chi connectivity index (χ2v) is 5.04. The van der Waals surface area contributed by atoms with Gasteiger partial charge in [0.1, 0.15) is 0 Å². The zero-order valence-corrected chi connectivity index (χ0v) is 7.43. The Hall–Kier alpha value is 0.768. The Labute approximate surface area is 58.2 Å². The molecule has 0 aliphatic carbocycles. The van der Waals surface area contributed by atoms with Crippen molar-refractivity contribution < 1.29 is 7.45 Å². The average Bonchev–Trinajstić information content (AvgIpc) is 1.85. The Morgan fingerprint density at radius 1 is 1.25 bits per heavy atom. The van der Waals surface area contributed by atoms with Gasteiger partial charge in [-0.15, -0.1) is 0 Å². The summed E-state index contributed by atoms with van der Waals surface area (Å²) in [5.41, 5.74) is 0. The number of hydrogen-bond donors (Lipinski definition) is 0. The second-order valence-electron chi connectivity index (χ2n) is 1.83. The number of rotatable bonds is 0. The summed E-state index contributed by atoms with van der Waals surface area (Å²) >= 11 is -1.75. The minimum absolute atomic E-state index is 0.201. The zero-order chi connectivity index (χ0) is 6.15. The molecule has 0 radical (unpaired) electrons. The van der Waals surface area contributed by atoms with Crippen LogP contribution < -0.4 is 0 Å². The molecule has 0 aromatic heterocycles. The molecule has 0 bridgehead atoms. The summed E-state index contributed by atoms with van der Waals surface area (Å²) in [5, 5.41) is 0. The average molecular weight is 198 g/mol. The van der Waals surface area contributed by atoms with Gasteiger partial charge in [0.15, 0.2) is 0 Å². The summed E-state index contributed by atoms with van der Waals surface area (Å²) in [6.45, 7) is 3.95. The fourth-order valence-electron chi connectivity index (χ4n) is 0.458. The van der Waals surface area contributed by atoms with E-state index in [-0.39, 0.29) is 12.2 Å². The first-order chi connectivity index (χ1) is 3.70. The predicted molar refractivity (Wildman–Crippen MR) is 32.7 cm³/mol. The van der Waals surface area contributed by atoms with Crippen LogP contribution in [-0.2, 0) is 7.45 Å². The molecular formula is C4H8AsClO2. The minimum atomic E-state index is -1.75. The van der Waals surface area contributed by atoms with Crippen molar-refractivity contribution in [2.45, 2.75) is 26.1 Å². The monoisotopic (exact) mass is 198 g/mol. The van der Waals surface area contributed by atoms with E-state index in [0.717, 1.165) is 0 Å². The Morgan fingerprint density at radius 2 is 1.62 bits per heavy atom. The molecule has 0 amide bonds. The van der Waals surface area contributed by atoms with E-state index >= 15 is 0 Å². The molecule has 4 heteroatoms. The van der Waals surface area contributed by atoms with E-state index in [9.17, 15) is 0 Å². The first kappa shape index (κ1) is 6.88. The van der Waals surface area contributed by atoms with Crippen molar-refractivity contribution in [3.8, 4) is 0 Å². The normalized spacial score (nSPS) is 40.9. The molecule has 2 nitrogen and oxygen atoms in total. The molecule has 1 aliphatic heterocycles. The molecule has 1 saturated heterocycles. The molecule has 0 unspecified atom stereocenters. The van der Waals surface area contributed by atoms with Crippen LogP contribution in [-0.4, -0.2) is 26.6 Å². The van der Waals surface area contributed by atoms with Crippen LogP contribution in [0.2, 0.25) is 0 Å². The van der Waals surface area contributed by atoms with E-state index in [4.69, 9.17) is 17.4 Å². The summed E-state index contributed by atoms with van der Waals surface area (Å²) in [4.78, 5) is 0. The van der Waals surface area contributed by atoms with Crippen LogP contribution in [0.25, 0.3) is 0 Å². The van der Waals surface area contributed by atoms with Gasteiger partial charge in [0.05, 0.1) is 0 Å². The van der Waals surface area contributed by atoms with E-state index in [0.29, 0.717) is 0 Å². The van der Waals surface area contributed by atoms with Crippen molar-refractivity contribution in [2.24, 2.45) is 0 Å². The van der Waals surface area contributed by atoms with Crippen LogP contribution in [0.1, 0.15) is 13.8 Å². The van der Waals surface area contributed by atoms with Crippen molar-refractivity contribution in [1.82, 2.24) is 0 Å². The third-order valence-electron chi connectivity index (χ3n) is 1.16. The van der Waals surface area contributed by atoms with Crippen molar-refractivity contribution in [3.05, 3.63) is 0 Å². The molecule has 0 aromatic rings. The molecule has 1 fully saturated rings. The van der Waals surface area contributed by atoms with Gasteiger partial charge in [-0.3, -0.25) is 0 Å². The number of halogens is 1. The summed E-state index contributed by atoms with van der Waals surface area (Å²) in [7, 11) is 5.60. The van der Waals surface area contributed by atoms with Gasteiger partial charge in [0.25, 0.3) is 0 Å². The topological polar surface area (TPSA) is 18.5 Å². The van der Waals surface area contributed by atoms with Gasteiger partial charge in [-0.2, -0.15) is 0 Å². The molecule has 0 aromatic carbocycles. The molecule has 1 rings (SSSR count). The van der Waals surface area contributed by atoms with E-state index in [1.807, 2.05) is 13.8 Å². The quantitative estimate of drug-likeness (QED) is 0.542.